The number of oxime groups is 1. The molecule has 8 heteroatoms. The zero-order valence-corrected chi connectivity index (χ0v) is 16.8. The van der Waals surface area contributed by atoms with Crippen molar-refractivity contribution in [1.82, 2.24) is 0 Å². The van der Waals surface area contributed by atoms with Crippen molar-refractivity contribution < 1.29 is 28.3 Å². The first kappa shape index (κ1) is 22.8. The second-order valence-electron chi connectivity index (χ2n) is 7.37. The lowest BCUT2D eigenvalue weighted by atomic mass is 9.97. The van der Waals surface area contributed by atoms with E-state index in [0.29, 0.717) is 0 Å². The molecule has 0 bridgehead atoms. The van der Waals surface area contributed by atoms with Crippen LogP contribution in [0.3, 0.4) is 0 Å². The van der Waals surface area contributed by atoms with Crippen LogP contribution in [0.15, 0.2) is 5.16 Å². The number of hydrogen-bond acceptors (Lipinski definition) is 6. The molecule has 24 heavy (non-hydrogen) atoms. The van der Waals surface area contributed by atoms with Crippen molar-refractivity contribution in [2.45, 2.75) is 58.6 Å². The van der Waals surface area contributed by atoms with Crippen LogP contribution in [0.1, 0.15) is 41.5 Å². The van der Waals surface area contributed by atoms with E-state index in [0.717, 1.165) is 6.21 Å². The summed E-state index contributed by atoms with van der Waals surface area (Å²) in [5.74, 6) is -1.01. The molecule has 0 amide bonds. The van der Waals surface area contributed by atoms with Gasteiger partial charge in [-0.3, -0.25) is 9.59 Å². The van der Waals surface area contributed by atoms with Gasteiger partial charge in [-0.25, -0.2) is 4.39 Å². The Morgan fingerprint density at radius 1 is 1.12 bits per heavy atom. The van der Waals surface area contributed by atoms with Crippen molar-refractivity contribution in [2.75, 3.05) is 13.7 Å². The molecule has 0 rings (SSSR count). The van der Waals surface area contributed by atoms with Gasteiger partial charge in [-0.1, -0.05) is 21.1 Å². The smallest absolute Gasteiger partial charge is 0.311 e. The molecule has 0 fully saturated rings. The molecule has 0 aliphatic heterocycles. The minimum absolute atomic E-state index is 0.153. The lowest BCUT2D eigenvalue weighted by Gasteiger charge is -2.28. The van der Waals surface area contributed by atoms with Gasteiger partial charge in [-0.2, -0.15) is 0 Å². The highest BCUT2D eigenvalue weighted by Gasteiger charge is 2.36. The summed E-state index contributed by atoms with van der Waals surface area (Å²) in [5.41, 5.74) is -1.48. The topological polar surface area (TPSA) is 74.2 Å². The van der Waals surface area contributed by atoms with Crippen molar-refractivity contribution in [2.24, 2.45) is 16.0 Å². The number of carbonyl (C=O) groups is 2. The van der Waals surface area contributed by atoms with E-state index in [1.807, 2.05) is 0 Å². The molecular weight excluding hydrogens is 385 g/mol. The van der Waals surface area contributed by atoms with E-state index < -0.39 is 39.9 Å². The molecular formula is C16H27BrFNO5. The second kappa shape index (κ2) is 9.34. The predicted molar refractivity (Wildman–Crippen MR) is 92.9 cm³/mol. The first-order chi connectivity index (χ1) is 10.8. The highest BCUT2D eigenvalue weighted by Crippen LogP contribution is 2.23. The molecule has 0 saturated heterocycles. The number of hydrogen-bond donors (Lipinski definition) is 0. The zero-order chi connectivity index (χ0) is 19.1. The Morgan fingerprint density at radius 2 is 1.62 bits per heavy atom. The maximum atomic E-state index is 14.3. The van der Waals surface area contributed by atoms with Crippen LogP contribution in [0.25, 0.3) is 0 Å². The average molecular weight is 412 g/mol. The highest BCUT2D eigenvalue weighted by molar-refractivity contribution is 9.09. The zero-order valence-electron chi connectivity index (χ0n) is 15.3. The maximum absolute atomic E-state index is 14.3. The Labute approximate surface area is 151 Å². The number of alkyl halides is 2. The molecule has 140 valence electrons. The summed E-state index contributed by atoms with van der Waals surface area (Å²) in [6.07, 6.45) is -2.06. The van der Waals surface area contributed by atoms with Gasteiger partial charge in [0.25, 0.3) is 0 Å². The van der Waals surface area contributed by atoms with E-state index in [1.54, 1.807) is 41.5 Å². The summed E-state index contributed by atoms with van der Waals surface area (Å²) in [7, 11) is 1.27. The van der Waals surface area contributed by atoms with Gasteiger partial charge < -0.3 is 14.3 Å². The van der Waals surface area contributed by atoms with E-state index in [2.05, 4.69) is 25.9 Å². The summed E-state index contributed by atoms with van der Waals surface area (Å²) < 4.78 is 24.7. The fourth-order valence-electron chi connectivity index (χ4n) is 1.31. The molecule has 3 unspecified atom stereocenters. The first-order valence-corrected chi connectivity index (χ1v) is 8.45. The molecule has 0 aliphatic carbocycles. The quantitative estimate of drug-likeness (QED) is 0.278. The van der Waals surface area contributed by atoms with Gasteiger partial charge in [0.2, 0.25) is 0 Å². The van der Waals surface area contributed by atoms with Gasteiger partial charge in [-0.15, -0.1) is 0 Å². The SMILES string of the molecule is CON=CC(F)C(OC(=O)C(C)(C)C)C(Br)COC(=O)C(C)(C)C. The van der Waals surface area contributed by atoms with Gasteiger partial charge in [0, 0.05) is 0 Å². The molecule has 0 aromatic heterocycles. The second-order valence-corrected chi connectivity index (χ2v) is 8.54. The Morgan fingerprint density at radius 3 is 2.04 bits per heavy atom. The van der Waals surface area contributed by atoms with Crippen LogP contribution >= 0.6 is 15.9 Å². The van der Waals surface area contributed by atoms with Gasteiger partial charge in [-0.05, 0) is 41.5 Å². The van der Waals surface area contributed by atoms with Crippen LogP contribution in [-0.4, -0.2) is 49.0 Å². The van der Waals surface area contributed by atoms with E-state index in [1.165, 1.54) is 7.11 Å². The molecule has 0 aromatic rings. The van der Waals surface area contributed by atoms with Crippen molar-refractivity contribution in [3.63, 3.8) is 0 Å². The van der Waals surface area contributed by atoms with Gasteiger partial charge in [0.05, 0.1) is 21.9 Å². The Kier molecular flexibility index (Phi) is 8.88. The van der Waals surface area contributed by atoms with Crippen LogP contribution in [0, 0.1) is 10.8 Å². The fraction of sp³-hybridized carbons (Fsp3) is 0.812. The first-order valence-electron chi connectivity index (χ1n) is 7.53. The van der Waals surface area contributed by atoms with Gasteiger partial charge in [0.1, 0.15) is 13.7 Å². The van der Waals surface area contributed by atoms with Crippen molar-refractivity contribution in [1.29, 1.82) is 0 Å². The molecule has 0 spiro atoms. The van der Waals surface area contributed by atoms with Crippen molar-refractivity contribution >= 4 is 34.1 Å². The Hall–Kier alpha value is -1.18. The molecule has 0 heterocycles. The van der Waals surface area contributed by atoms with Crippen LogP contribution in [0.5, 0.6) is 0 Å². The Balaban J connectivity index is 5.06. The number of nitrogens with zero attached hydrogens (tertiary/aromatic N) is 1. The van der Waals surface area contributed by atoms with Crippen LogP contribution < -0.4 is 0 Å². The molecule has 0 radical (unpaired) electrons. The predicted octanol–water partition coefficient (Wildman–Crippen LogP) is 3.27. The summed E-state index contributed by atoms with van der Waals surface area (Å²) >= 11 is 3.23. The minimum atomic E-state index is -1.73. The Bertz CT molecular complexity index is 456. The summed E-state index contributed by atoms with van der Waals surface area (Å²) in [6, 6.07) is 0. The molecule has 0 saturated carbocycles. The lowest BCUT2D eigenvalue weighted by Crippen LogP contribution is -2.42. The third-order valence-corrected chi connectivity index (χ3v) is 3.61. The number of carbonyl (C=O) groups excluding carboxylic acids is 2. The standard InChI is InChI=1S/C16H27BrFNO5/c1-15(2,3)13(20)23-9-10(17)12(11(18)8-19-22-7)24-14(21)16(4,5)6/h8,10-12H,9H2,1-7H3. The number of esters is 2. The summed E-state index contributed by atoms with van der Waals surface area (Å²) in [5, 5.41) is 3.36. The maximum Gasteiger partial charge on any atom is 0.311 e. The summed E-state index contributed by atoms with van der Waals surface area (Å²) in [6.45, 7) is 9.94. The summed E-state index contributed by atoms with van der Waals surface area (Å²) in [4.78, 5) is 27.6. The average Bonchev–Trinajstić information content (AvgIpc) is 2.44. The van der Waals surface area contributed by atoms with Gasteiger partial charge >= 0.3 is 11.9 Å². The van der Waals surface area contributed by atoms with Crippen molar-refractivity contribution in [3.05, 3.63) is 0 Å². The van der Waals surface area contributed by atoms with Crippen molar-refractivity contribution in [3.8, 4) is 0 Å². The number of ether oxygens (including phenoxy) is 2. The van der Waals surface area contributed by atoms with Gasteiger partial charge in [0.15, 0.2) is 12.3 Å². The van der Waals surface area contributed by atoms with Crippen LogP contribution in [-0.2, 0) is 23.9 Å². The molecule has 6 nitrogen and oxygen atoms in total. The molecule has 3 atom stereocenters. The normalized spacial score (nSPS) is 16.4. The van der Waals surface area contributed by atoms with E-state index in [4.69, 9.17) is 9.47 Å². The lowest BCUT2D eigenvalue weighted by molar-refractivity contribution is -0.162. The molecule has 0 aromatic carbocycles. The van der Waals surface area contributed by atoms with E-state index in [9.17, 15) is 14.0 Å². The fourth-order valence-corrected chi connectivity index (χ4v) is 1.84. The van der Waals surface area contributed by atoms with E-state index in [-0.39, 0.29) is 6.61 Å². The molecule has 0 N–H and O–H groups in total. The third kappa shape index (κ3) is 8.08. The van der Waals surface area contributed by atoms with E-state index >= 15 is 0 Å². The number of rotatable bonds is 7. The van der Waals surface area contributed by atoms with Crippen LogP contribution in [0.4, 0.5) is 4.39 Å². The minimum Gasteiger partial charge on any atom is -0.464 e. The monoisotopic (exact) mass is 411 g/mol. The number of halogens is 2. The van der Waals surface area contributed by atoms with Crippen LogP contribution in [0.2, 0.25) is 0 Å². The largest absolute Gasteiger partial charge is 0.464 e. The third-order valence-electron chi connectivity index (χ3n) is 2.82. The molecule has 0 aliphatic rings. The highest BCUT2D eigenvalue weighted by atomic mass is 79.9.